The number of aromatic hydroxyl groups is 1. The van der Waals surface area contributed by atoms with Gasteiger partial charge in [0, 0.05) is 42.4 Å². The van der Waals surface area contributed by atoms with Crippen molar-refractivity contribution in [2.45, 2.75) is 27.2 Å². The third kappa shape index (κ3) is 5.50. The summed E-state index contributed by atoms with van der Waals surface area (Å²) in [5, 5.41) is 11.4. The number of aryl methyl sites for hydroxylation is 1. The van der Waals surface area contributed by atoms with Gasteiger partial charge in [-0.1, -0.05) is 42.3 Å². The third-order valence-corrected chi connectivity index (χ3v) is 5.30. The molecular weight excluding hydrogens is 640 g/mol. The van der Waals surface area contributed by atoms with Gasteiger partial charge in [-0.2, -0.15) is 17.7 Å². The first kappa shape index (κ1) is 26.2. The van der Waals surface area contributed by atoms with E-state index in [0.717, 1.165) is 16.7 Å². The fraction of sp³-hybridized carbons (Fsp3) is 0.154. The number of hydrogen-bond donors (Lipinski definition) is 3. The molecule has 1 amide bonds. The van der Waals surface area contributed by atoms with E-state index in [0.29, 0.717) is 28.2 Å². The predicted octanol–water partition coefficient (Wildman–Crippen LogP) is 2.70. The van der Waals surface area contributed by atoms with Gasteiger partial charge >= 0.3 is 0 Å². The summed E-state index contributed by atoms with van der Waals surface area (Å²) in [5.41, 5.74) is 16.1. The van der Waals surface area contributed by atoms with Crippen molar-refractivity contribution in [3.8, 4) is 11.4 Å². The second-order valence-electron chi connectivity index (χ2n) is 7.54. The van der Waals surface area contributed by atoms with Crippen LogP contribution in [-0.4, -0.2) is 21.9 Å². The van der Waals surface area contributed by atoms with Gasteiger partial charge in [0.15, 0.2) is 0 Å². The Bertz CT molecular complexity index is 1350. The van der Waals surface area contributed by atoms with Gasteiger partial charge in [-0.05, 0) is 38.0 Å². The number of hydrogen-bond acceptors (Lipinski definition) is 4. The van der Waals surface area contributed by atoms with Crippen molar-refractivity contribution in [1.29, 1.82) is 0 Å². The minimum atomic E-state index is -0.622. The van der Waals surface area contributed by atoms with Gasteiger partial charge in [0.1, 0.15) is 11.6 Å². The van der Waals surface area contributed by atoms with Crippen molar-refractivity contribution in [2.75, 3.05) is 5.73 Å². The Hall–Kier alpha value is -3.01. The van der Waals surface area contributed by atoms with Crippen LogP contribution in [0, 0.1) is 38.0 Å². The van der Waals surface area contributed by atoms with Crippen LogP contribution in [0.1, 0.15) is 47.3 Å². The molecule has 1 heterocycles. The van der Waals surface area contributed by atoms with Crippen LogP contribution >= 0.6 is 0 Å². The zero-order valence-corrected chi connectivity index (χ0v) is 23.0. The predicted molar refractivity (Wildman–Crippen MR) is 128 cm³/mol. The van der Waals surface area contributed by atoms with E-state index in [4.69, 9.17) is 11.5 Å². The number of nitrogen functional groups attached to an aromatic ring is 1. The molecule has 3 aromatic rings. The van der Waals surface area contributed by atoms with E-state index in [1.807, 2.05) is 51.4 Å². The monoisotopic (exact) mass is 666 g/mol. The van der Waals surface area contributed by atoms with Crippen LogP contribution in [-0.2, 0) is 4.79 Å². The van der Waals surface area contributed by atoms with E-state index < -0.39 is 5.91 Å². The molecular formula is C26H26N3O3U-. The van der Waals surface area contributed by atoms with Crippen LogP contribution in [0.2, 0.25) is 0 Å². The number of phenols is 1. The number of phenolic OH excluding ortho intramolecular Hbond substituents is 1. The summed E-state index contributed by atoms with van der Waals surface area (Å²) in [6.45, 7) is 5.78. The fourth-order valence-corrected chi connectivity index (χ4v) is 3.69. The molecule has 33 heavy (non-hydrogen) atoms. The van der Waals surface area contributed by atoms with E-state index in [9.17, 15) is 14.7 Å². The number of amides is 1. The van der Waals surface area contributed by atoms with Gasteiger partial charge in [-0.3, -0.25) is 9.36 Å². The standard InChI is InChI=1S/C26H26N3O3.U/c1-4-6-21-22(12-10-16(2)19-8-5-7-18(13-19)15-30)29(25(27)24(21)26(28)32)23-14-20(31)11-9-17(23)3;/h5-14,31H,4,27H2,1-3H3,(H2,28,32);/q-1;/b16-10+,21-6-,22-12+;. The van der Waals surface area contributed by atoms with Crippen LogP contribution in [0.5, 0.6) is 5.75 Å². The van der Waals surface area contributed by atoms with Crippen molar-refractivity contribution in [3.05, 3.63) is 81.4 Å². The molecule has 6 nitrogen and oxygen atoms in total. The first-order valence-electron chi connectivity index (χ1n) is 10.3. The second kappa shape index (κ2) is 11.2. The molecule has 2 aromatic carbocycles. The number of allylic oxidation sites excluding steroid dienone is 2. The van der Waals surface area contributed by atoms with E-state index in [-0.39, 0.29) is 48.2 Å². The zero-order chi connectivity index (χ0) is 23.4. The molecule has 0 spiro atoms. The van der Waals surface area contributed by atoms with Crippen LogP contribution in [0.3, 0.4) is 0 Å². The van der Waals surface area contributed by atoms with E-state index >= 15 is 0 Å². The molecule has 0 fully saturated rings. The van der Waals surface area contributed by atoms with Crippen molar-refractivity contribution in [2.24, 2.45) is 5.73 Å². The van der Waals surface area contributed by atoms with Gasteiger partial charge < -0.3 is 21.4 Å². The Morgan fingerprint density at radius 2 is 1.94 bits per heavy atom. The molecule has 168 valence electrons. The number of carbonyl (C=O) groups excluding carboxylic acids is 2. The first-order valence-corrected chi connectivity index (χ1v) is 10.3. The molecule has 0 unspecified atom stereocenters. The summed E-state index contributed by atoms with van der Waals surface area (Å²) in [4.78, 5) is 23.3. The van der Waals surface area contributed by atoms with Crippen LogP contribution in [0.15, 0.2) is 48.5 Å². The number of aromatic nitrogens is 1. The van der Waals surface area contributed by atoms with Crippen LogP contribution in [0.4, 0.5) is 5.82 Å². The number of primary amides is 1. The summed E-state index contributed by atoms with van der Waals surface area (Å²) < 4.78 is 1.73. The molecule has 0 radical (unpaired) electrons. The fourth-order valence-electron chi connectivity index (χ4n) is 3.69. The maximum Gasteiger partial charge on any atom is 0.253 e. The van der Waals surface area contributed by atoms with E-state index in [2.05, 4.69) is 0 Å². The van der Waals surface area contributed by atoms with Gasteiger partial charge in [-0.15, -0.1) is 6.07 Å². The van der Waals surface area contributed by atoms with Gasteiger partial charge in [0.25, 0.3) is 5.91 Å². The Morgan fingerprint density at radius 3 is 2.58 bits per heavy atom. The summed E-state index contributed by atoms with van der Waals surface area (Å²) in [6, 6.07) is 12.1. The Kier molecular flexibility index (Phi) is 8.93. The van der Waals surface area contributed by atoms with E-state index in [1.54, 1.807) is 41.0 Å². The Labute approximate surface area is 216 Å². The Balaban J connectivity index is 0.00000385. The first-order chi connectivity index (χ1) is 15.3. The smallest absolute Gasteiger partial charge is 0.253 e. The quantitative estimate of drug-likeness (QED) is 0.352. The maximum atomic E-state index is 12.3. The zero-order valence-electron chi connectivity index (χ0n) is 18.8. The van der Waals surface area contributed by atoms with Gasteiger partial charge in [-0.25, -0.2) is 0 Å². The normalized spacial score (nSPS) is 12.5. The topological polar surface area (TPSA) is 111 Å². The number of benzene rings is 2. The van der Waals surface area contributed by atoms with Crippen LogP contribution in [0.25, 0.3) is 23.4 Å². The molecule has 0 aliphatic rings. The number of anilines is 1. The molecule has 0 aliphatic carbocycles. The number of rotatable bonds is 6. The number of nitrogens with two attached hydrogens (primary N) is 2. The minimum absolute atomic E-state index is 0. The second-order valence-corrected chi connectivity index (χ2v) is 7.54. The molecule has 0 saturated heterocycles. The number of nitrogens with zero attached hydrogens (tertiary/aromatic N) is 1. The molecule has 0 aliphatic heterocycles. The molecule has 3 rings (SSSR count). The minimum Gasteiger partial charge on any atom is -0.508 e. The molecule has 0 bridgehead atoms. The largest absolute Gasteiger partial charge is 0.508 e. The summed E-state index contributed by atoms with van der Waals surface area (Å²) in [7, 11) is 0. The molecule has 0 saturated carbocycles. The molecule has 0 atom stereocenters. The maximum absolute atomic E-state index is 12.3. The molecule has 5 N–H and O–H groups in total. The average molecular weight is 667 g/mol. The third-order valence-electron chi connectivity index (χ3n) is 5.30. The summed E-state index contributed by atoms with van der Waals surface area (Å²) >= 11 is 0. The average Bonchev–Trinajstić information content (AvgIpc) is 3.05. The summed E-state index contributed by atoms with van der Waals surface area (Å²) in [6.07, 6.45) is 8.23. The van der Waals surface area contributed by atoms with Crippen molar-refractivity contribution < 1.29 is 45.8 Å². The van der Waals surface area contributed by atoms with Crippen LogP contribution < -0.4 is 22.0 Å². The van der Waals surface area contributed by atoms with Gasteiger partial charge in [0.2, 0.25) is 0 Å². The Morgan fingerprint density at radius 1 is 1.21 bits per heavy atom. The molecule has 1 aromatic heterocycles. The SMILES string of the molecule is CC\C=c1/c(C(N)=O)c(N)n(-c2cc(O)ccc2C)/c1=C/C=C(\C)c1cccc([C-]=O)c1.[U]. The van der Waals surface area contributed by atoms with Crippen molar-refractivity contribution in [1.82, 2.24) is 4.57 Å². The van der Waals surface area contributed by atoms with Crippen molar-refractivity contribution >= 4 is 35.7 Å². The summed E-state index contributed by atoms with van der Waals surface area (Å²) in [5.74, 6) is -0.330. The molecule has 7 heteroatoms. The van der Waals surface area contributed by atoms with Gasteiger partial charge in [0.05, 0.1) is 22.9 Å². The van der Waals surface area contributed by atoms with E-state index in [1.165, 1.54) is 0 Å². The number of carbonyl (C=O) groups is 1. The van der Waals surface area contributed by atoms with Crippen molar-refractivity contribution in [3.63, 3.8) is 0 Å².